The second-order valence-electron chi connectivity index (χ2n) is 12.6. The highest BCUT2D eigenvalue weighted by molar-refractivity contribution is 7.60. The molecule has 2 aromatic carbocycles. The van der Waals surface area contributed by atoms with Crippen LogP contribution >= 0.6 is 7.60 Å². The summed E-state index contributed by atoms with van der Waals surface area (Å²) in [6.07, 6.45) is 13.5. The molecule has 2 N–H and O–H groups in total. The summed E-state index contributed by atoms with van der Waals surface area (Å²) in [5.74, 6) is 4.76. The highest BCUT2D eigenvalue weighted by Crippen LogP contribution is 2.65. The first-order valence-corrected chi connectivity index (χ1v) is 15.4. The van der Waals surface area contributed by atoms with Gasteiger partial charge in [0.25, 0.3) is 0 Å². The van der Waals surface area contributed by atoms with Gasteiger partial charge in [0.2, 0.25) is 0 Å². The molecule has 5 aliphatic carbocycles. The minimum absolute atomic E-state index is 0.0319. The Labute approximate surface area is 213 Å². The molecular formula is C30H38FO4P. The average molecular weight is 513 g/mol. The second kappa shape index (κ2) is 8.96. The Morgan fingerprint density at radius 3 is 1.94 bits per heavy atom. The molecule has 36 heavy (non-hydrogen) atoms. The van der Waals surface area contributed by atoms with E-state index in [4.69, 9.17) is 4.74 Å². The monoisotopic (exact) mass is 512 g/mol. The van der Waals surface area contributed by atoms with Crippen molar-refractivity contribution < 1.29 is 23.5 Å². The molecule has 0 aliphatic heterocycles. The average Bonchev–Trinajstić information content (AvgIpc) is 2.80. The van der Waals surface area contributed by atoms with Gasteiger partial charge in [0.15, 0.2) is 0 Å². The smallest absolute Gasteiger partial charge is 0.356 e. The van der Waals surface area contributed by atoms with Crippen LogP contribution in [0.15, 0.2) is 30.3 Å². The van der Waals surface area contributed by atoms with E-state index in [1.165, 1.54) is 69.6 Å². The molecule has 0 aromatic heterocycles. The number of halogens is 1. The lowest BCUT2D eigenvalue weighted by atomic mass is 9.45. The molecule has 7 rings (SSSR count). The van der Waals surface area contributed by atoms with Gasteiger partial charge in [-0.3, -0.25) is 4.57 Å². The number of hydrogen-bond donors (Lipinski definition) is 2. The molecule has 5 saturated carbocycles. The molecule has 0 spiro atoms. The summed E-state index contributed by atoms with van der Waals surface area (Å²) >= 11 is 0. The van der Waals surface area contributed by atoms with Crippen molar-refractivity contribution in [3.8, 4) is 11.5 Å². The molecule has 2 aromatic rings. The van der Waals surface area contributed by atoms with E-state index in [9.17, 15) is 14.4 Å². The molecule has 5 fully saturated rings. The van der Waals surface area contributed by atoms with Crippen LogP contribution in [-0.4, -0.2) is 9.79 Å². The SMILES string of the molecule is Cc1cc(P(=O)(O)O)cc(C)c1Oc1ccc(C2CCC(C34CC5CC(CC(C5)C3)C4)CC2)c(F)c1. The van der Waals surface area contributed by atoms with E-state index in [2.05, 4.69) is 0 Å². The van der Waals surface area contributed by atoms with Gasteiger partial charge in [-0.2, -0.15) is 0 Å². The van der Waals surface area contributed by atoms with Crippen molar-refractivity contribution in [3.63, 3.8) is 0 Å². The Balaban J connectivity index is 1.13. The first-order valence-electron chi connectivity index (χ1n) is 13.7. The van der Waals surface area contributed by atoms with Gasteiger partial charge in [0.05, 0.1) is 5.30 Å². The van der Waals surface area contributed by atoms with Gasteiger partial charge in [-0.1, -0.05) is 6.07 Å². The van der Waals surface area contributed by atoms with Gasteiger partial charge >= 0.3 is 7.60 Å². The summed E-state index contributed by atoms with van der Waals surface area (Å²) in [7, 11) is -4.34. The van der Waals surface area contributed by atoms with E-state index < -0.39 is 7.60 Å². The van der Waals surface area contributed by atoms with Gasteiger partial charge in [-0.15, -0.1) is 0 Å². The summed E-state index contributed by atoms with van der Waals surface area (Å²) in [5, 5.41) is -0.0319. The van der Waals surface area contributed by atoms with Crippen molar-refractivity contribution in [3.05, 3.63) is 52.8 Å². The molecule has 0 atom stereocenters. The van der Waals surface area contributed by atoms with Crippen LogP contribution < -0.4 is 10.0 Å². The normalized spacial score (nSPS) is 33.6. The third kappa shape index (κ3) is 4.46. The summed E-state index contributed by atoms with van der Waals surface area (Å²) < 4.78 is 32.9. The predicted octanol–water partition coefficient (Wildman–Crippen LogP) is 7.53. The van der Waals surface area contributed by atoms with Crippen LogP contribution in [0.25, 0.3) is 0 Å². The predicted molar refractivity (Wildman–Crippen MR) is 139 cm³/mol. The van der Waals surface area contributed by atoms with Crippen LogP contribution in [0.5, 0.6) is 11.5 Å². The molecule has 0 unspecified atom stereocenters. The third-order valence-electron chi connectivity index (χ3n) is 10.1. The highest BCUT2D eigenvalue weighted by atomic mass is 31.2. The van der Waals surface area contributed by atoms with Gasteiger partial charge in [0.1, 0.15) is 17.3 Å². The van der Waals surface area contributed by atoms with Crippen molar-refractivity contribution in [2.75, 3.05) is 0 Å². The van der Waals surface area contributed by atoms with Crippen LogP contribution in [0.3, 0.4) is 0 Å². The maximum Gasteiger partial charge on any atom is 0.356 e. The molecule has 0 heterocycles. The lowest BCUT2D eigenvalue weighted by Gasteiger charge is -2.60. The summed E-state index contributed by atoms with van der Waals surface area (Å²) in [4.78, 5) is 19.0. The Morgan fingerprint density at radius 2 is 1.44 bits per heavy atom. The maximum atomic E-state index is 15.3. The van der Waals surface area contributed by atoms with Crippen molar-refractivity contribution in [1.29, 1.82) is 0 Å². The lowest BCUT2D eigenvalue weighted by molar-refractivity contribution is -0.0959. The van der Waals surface area contributed by atoms with E-state index >= 15 is 4.39 Å². The van der Waals surface area contributed by atoms with Crippen LogP contribution in [0.4, 0.5) is 4.39 Å². The van der Waals surface area contributed by atoms with Crippen molar-refractivity contribution in [1.82, 2.24) is 0 Å². The first kappa shape index (κ1) is 24.6. The van der Waals surface area contributed by atoms with Crippen LogP contribution in [0.2, 0.25) is 0 Å². The fraction of sp³-hybridized carbons (Fsp3) is 0.600. The van der Waals surface area contributed by atoms with E-state index in [1.54, 1.807) is 13.8 Å². The molecule has 4 bridgehead atoms. The van der Waals surface area contributed by atoms with Crippen LogP contribution in [0, 0.1) is 48.8 Å². The Hall–Kier alpha value is -1.68. The largest absolute Gasteiger partial charge is 0.457 e. The van der Waals surface area contributed by atoms with Gasteiger partial charge < -0.3 is 14.5 Å². The Bertz CT molecular complexity index is 1150. The van der Waals surface area contributed by atoms with Crippen molar-refractivity contribution in [2.24, 2.45) is 29.1 Å². The van der Waals surface area contributed by atoms with Crippen molar-refractivity contribution >= 4 is 12.9 Å². The summed E-state index contributed by atoms with van der Waals surface area (Å²) in [6, 6.07) is 8.07. The topological polar surface area (TPSA) is 66.8 Å². The zero-order chi connectivity index (χ0) is 25.2. The third-order valence-corrected chi connectivity index (χ3v) is 11.0. The number of benzene rings is 2. The molecule has 5 aliphatic rings. The Morgan fingerprint density at radius 1 is 0.889 bits per heavy atom. The van der Waals surface area contributed by atoms with Gasteiger partial charge in [0, 0.05) is 6.07 Å². The fourth-order valence-corrected chi connectivity index (χ4v) is 9.69. The van der Waals surface area contributed by atoms with Gasteiger partial charge in [-0.25, -0.2) is 4.39 Å². The number of rotatable bonds is 5. The van der Waals surface area contributed by atoms with Crippen LogP contribution in [-0.2, 0) is 4.57 Å². The quantitative estimate of drug-likeness (QED) is 0.407. The zero-order valence-corrected chi connectivity index (χ0v) is 22.3. The van der Waals surface area contributed by atoms with E-state index in [1.807, 2.05) is 12.1 Å². The number of ether oxygens (including phenoxy) is 1. The number of hydrogen-bond acceptors (Lipinski definition) is 2. The molecule has 194 valence electrons. The molecule has 0 saturated heterocycles. The standard InChI is InChI=1S/C30H38FO4P/c1-18-9-26(36(32,33)34)10-19(2)29(18)35-25-7-8-27(28(31)14-25)23-3-5-24(6-4-23)30-15-20-11-21(16-30)13-22(12-20)17-30/h7-10,14,20-24H,3-6,11-13,15-17H2,1-2H3,(H2,32,33,34). The minimum Gasteiger partial charge on any atom is -0.457 e. The summed E-state index contributed by atoms with van der Waals surface area (Å²) in [6.45, 7) is 3.49. The Kier molecular flexibility index (Phi) is 6.14. The fourth-order valence-electron chi connectivity index (χ4n) is 8.97. The molecule has 0 radical (unpaired) electrons. The van der Waals surface area contributed by atoms with Gasteiger partial charge in [-0.05, 0) is 148 Å². The van der Waals surface area contributed by atoms with E-state index in [0.29, 0.717) is 28.0 Å². The minimum atomic E-state index is -4.34. The van der Waals surface area contributed by atoms with Crippen molar-refractivity contribution in [2.45, 2.75) is 84.0 Å². The molecule has 4 nitrogen and oxygen atoms in total. The maximum absolute atomic E-state index is 15.3. The molecular weight excluding hydrogens is 474 g/mol. The van der Waals surface area contributed by atoms with E-state index in [0.717, 1.165) is 42.1 Å². The summed E-state index contributed by atoms with van der Waals surface area (Å²) in [5.41, 5.74) is 2.62. The zero-order valence-electron chi connectivity index (χ0n) is 21.4. The van der Waals surface area contributed by atoms with E-state index in [-0.39, 0.29) is 17.0 Å². The second-order valence-corrected chi connectivity index (χ2v) is 14.2. The number of aryl methyl sites for hydroxylation is 2. The lowest BCUT2D eigenvalue weighted by Crippen LogP contribution is -2.50. The molecule has 6 heteroatoms. The van der Waals surface area contributed by atoms with Crippen LogP contribution in [0.1, 0.15) is 86.8 Å². The highest BCUT2D eigenvalue weighted by Gasteiger charge is 2.54. The molecule has 0 amide bonds. The first-order chi connectivity index (χ1) is 17.1.